The van der Waals surface area contributed by atoms with Crippen molar-refractivity contribution in [2.24, 2.45) is 5.41 Å². The van der Waals surface area contributed by atoms with Gasteiger partial charge in [0.15, 0.2) is 11.6 Å². The lowest BCUT2D eigenvalue weighted by Gasteiger charge is -2.12. The maximum absolute atomic E-state index is 11.8. The molecule has 0 atom stereocenters. The molecule has 4 heteroatoms. The Hall–Kier alpha value is -1.26. The minimum absolute atomic E-state index is 0.205. The minimum Gasteiger partial charge on any atom is -0.294 e. The molecule has 0 aromatic heterocycles. The lowest BCUT2D eigenvalue weighted by molar-refractivity contribution is 0.0863. The summed E-state index contributed by atoms with van der Waals surface area (Å²) in [6.07, 6.45) is 2.47. The van der Waals surface area contributed by atoms with Crippen molar-refractivity contribution in [2.75, 3.05) is 0 Å². The number of benzene rings is 2. The third kappa shape index (κ3) is 3.40. The summed E-state index contributed by atoms with van der Waals surface area (Å²) in [5, 5.41) is 0. The Morgan fingerprint density at radius 3 is 2.08 bits per heavy atom. The van der Waals surface area contributed by atoms with E-state index in [4.69, 9.17) is 0 Å². The largest absolute Gasteiger partial charge is 0.294 e. The van der Waals surface area contributed by atoms with Crippen LogP contribution in [0.2, 0.25) is 0 Å². The first kappa shape index (κ1) is 17.6. The number of ketones is 2. The Morgan fingerprint density at radius 1 is 0.833 bits per heavy atom. The maximum Gasteiger partial charge on any atom is 0.169 e. The Morgan fingerprint density at radius 2 is 1.42 bits per heavy atom. The van der Waals surface area contributed by atoms with Crippen LogP contribution in [-0.4, -0.2) is 11.6 Å². The van der Waals surface area contributed by atoms with Crippen LogP contribution in [0.5, 0.6) is 0 Å². The molecule has 24 heavy (non-hydrogen) atoms. The molecule has 2 nitrogen and oxygen atoms in total. The highest BCUT2D eigenvalue weighted by molar-refractivity contribution is 9.10. The van der Waals surface area contributed by atoms with Crippen molar-refractivity contribution >= 4 is 43.4 Å². The number of Topliss-reactive ketones (excluding diaryl/α,β-unsaturated/α-hetero) is 2. The number of rotatable bonds is 0. The first-order valence-electron chi connectivity index (χ1n) is 7.93. The minimum atomic E-state index is -0.205. The van der Waals surface area contributed by atoms with Crippen molar-refractivity contribution in [3.05, 3.63) is 67.6 Å². The zero-order chi connectivity index (χ0) is 17.5. The molecular formula is C20H18Br2O2. The Balaban J connectivity index is 0.000000143. The van der Waals surface area contributed by atoms with Gasteiger partial charge in [-0.2, -0.15) is 0 Å². The fourth-order valence-electron chi connectivity index (χ4n) is 3.24. The van der Waals surface area contributed by atoms with Crippen LogP contribution in [-0.2, 0) is 12.8 Å². The van der Waals surface area contributed by atoms with Crippen LogP contribution in [0.1, 0.15) is 52.1 Å². The van der Waals surface area contributed by atoms with Crippen LogP contribution >= 0.6 is 31.9 Å². The second-order valence-corrected chi connectivity index (χ2v) is 8.75. The summed E-state index contributed by atoms with van der Waals surface area (Å²) in [5.74, 6) is 0.546. The standard InChI is InChI=1S/C11H11BrO.C9H7BrO/c1-11(2)6-7-3-4-8(12)5-9(7)10(11)13;10-7-3-1-6-2-4-9(11)8(6)5-7/h3-5H,6H2,1-2H3;1,3,5H,2,4H2. The number of hydrogen-bond acceptors (Lipinski definition) is 2. The Labute approximate surface area is 158 Å². The highest BCUT2D eigenvalue weighted by atomic mass is 79.9. The van der Waals surface area contributed by atoms with E-state index in [1.807, 2.05) is 50.2 Å². The molecule has 0 aliphatic heterocycles. The van der Waals surface area contributed by atoms with Crippen LogP contribution in [0.15, 0.2) is 45.3 Å². The molecule has 0 heterocycles. The molecule has 2 aliphatic rings. The predicted molar refractivity (Wildman–Crippen MR) is 103 cm³/mol. The average Bonchev–Trinajstić information content (AvgIpc) is 2.99. The molecule has 124 valence electrons. The van der Waals surface area contributed by atoms with E-state index in [2.05, 4.69) is 31.9 Å². The number of aryl methyl sites for hydroxylation is 1. The lowest BCUT2D eigenvalue weighted by Crippen LogP contribution is -2.18. The summed E-state index contributed by atoms with van der Waals surface area (Å²) in [6, 6.07) is 11.9. The third-order valence-electron chi connectivity index (χ3n) is 4.56. The predicted octanol–water partition coefficient (Wildman–Crippen LogP) is 5.79. The quantitative estimate of drug-likeness (QED) is 0.509. The molecule has 4 rings (SSSR count). The molecule has 0 radical (unpaired) electrons. The first-order valence-corrected chi connectivity index (χ1v) is 9.51. The fourth-order valence-corrected chi connectivity index (χ4v) is 3.97. The van der Waals surface area contributed by atoms with E-state index >= 15 is 0 Å². The molecule has 0 amide bonds. The second-order valence-electron chi connectivity index (χ2n) is 6.92. The Kier molecular flexibility index (Phi) is 4.80. The van der Waals surface area contributed by atoms with Gasteiger partial charge in [-0.3, -0.25) is 9.59 Å². The smallest absolute Gasteiger partial charge is 0.169 e. The molecule has 0 saturated carbocycles. The van der Waals surface area contributed by atoms with Gasteiger partial charge in [0.25, 0.3) is 0 Å². The lowest BCUT2D eigenvalue weighted by atomic mass is 9.89. The average molecular weight is 450 g/mol. The van der Waals surface area contributed by atoms with Gasteiger partial charge in [-0.15, -0.1) is 0 Å². The van der Waals surface area contributed by atoms with E-state index in [0.717, 1.165) is 32.9 Å². The highest BCUT2D eigenvalue weighted by Crippen LogP contribution is 2.37. The zero-order valence-electron chi connectivity index (χ0n) is 13.7. The van der Waals surface area contributed by atoms with Crippen LogP contribution in [0.3, 0.4) is 0 Å². The maximum atomic E-state index is 11.8. The first-order chi connectivity index (χ1) is 11.3. The van der Waals surface area contributed by atoms with Gasteiger partial charge in [-0.1, -0.05) is 57.8 Å². The fraction of sp³-hybridized carbons (Fsp3) is 0.300. The monoisotopic (exact) mass is 448 g/mol. The van der Waals surface area contributed by atoms with Gasteiger partial charge in [0.1, 0.15) is 0 Å². The van der Waals surface area contributed by atoms with E-state index in [1.54, 1.807) is 0 Å². The van der Waals surface area contributed by atoms with Crippen molar-refractivity contribution in [1.29, 1.82) is 0 Å². The summed E-state index contributed by atoms with van der Waals surface area (Å²) < 4.78 is 1.98. The number of fused-ring (bicyclic) bond motifs is 2. The van der Waals surface area contributed by atoms with E-state index in [9.17, 15) is 9.59 Å². The summed E-state index contributed by atoms with van der Waals surface area (Å²) in [5.41, 5.74) is 3.96. The molecule has 0 fully saturated rings. The van der Waals surface area contributed by atoms with Gasteiger partial charge in [-0.25, -0.2) is 0 Å². The van der Waals surface area contributed by atoms with Gasteiger partial charge in [-0.05, 0) is 48.2 Å². The number of carbonyl (C=O) groups excluding carboxylic acids is 2. The number of carbonyl (C=O) groups is 2. The molecule has 0 spiro atoms. The van der Waals surface area contributed by atoms with E-state index in [-0.39, 0.29) is 17.0 Å². The van der Waals surface area contributed by atoms with Crippen molar-refractivity contribution in [3.63, 3.8) is 0 Å². The number of hydrogen-bond donors (Lipinski definition) is 0. The molecular weight excluding hydrogens is 432 g/mol. The summed E-state index contributed by atoms with van der Waals surface area (Å²) >= 11 is 6.72. The molecule has 0 N–H and O–H groups in total. The summed E-state index contributed by atoms with van der Waals surface area (Å²) in [7, 11) is 0. The van der Waals surface area contributed by atoms with Gasteiger partial charge in [0.2, 0.25) is 0 Å². The normalized spacial score (nSPS) is 17.2. The van der Waals surface area contributed by atoms with Crippen molar-refractivity contribution in [1.82, 2.24) is 0 Å². The molecule has 2 aromatic rings. The topological polar surface area (TPSA) is 34.1 Å². The van der Waals surface area contributed by atoms with E-state index < -0.39 is 0 Å². The van der Waals surface area contributed by atoms with E-state index in [1.165, 1.54) is 11.1 Å². The van der Waals surface area contributed by atoms with Crippen LogP contribution in [0.4, 0.5) is 0 Å². The van der Waals surface area contributed by atoms with Crippen molar-refractivity contribution < 1.29 is 9.59 Å². The van der Waals surface area contributed by atoms with Gasteiger partial charge < -0.3 is 0 Å². The van der Waals surface area contributed by atoms with E-state index in [0.29, 0.717) is 6.42 Å². The van der Waals surface area contributed by atoms with Crippen LogP contribution in [0, 0.1) is 5.41 Å². The highest BCUT2D eigenvalue weighted by Gasteiger charge is 2.37. The SMILES string of the molecule is CC1(C)Cc2ccc(Br)cc2C1=O.O=C1CCc2ccc(Br)cc21. The molecule has 0 bridgehead atoms. The van der Waals surface area contributed by atoms with Crippen LogP contribution < -0.4 is 0 Å². The second kappa shape index (κ2) is 6.57. The molecule has 2 aliphatic carbocycles. The molecule has 0 unspecified atom stereocenters. The van der Waals surface area contributed by atoms with Crippen LogP contribution in [0.25, 0.3) is 0 Å². The zero-order valence-corrected chi connectivity index (χ0v) is 16.8. The van der Waals surface area contributed by atoms with Gasteiger partial charge in [0.05, 0.1) is 0 Å². The summed E-state index contributed by atoms with van der Waals surface area (Å²) in [4.78, 5) is 23.0. The van der Waals surface area contributed by atoms with Gasteiger partial charge >= 0.3 is 0 Å². The van der Waals surface area contributed by atoms with Crippen molar-refractivity contribution in [3.8, 4) is 0 Å². The summed E-state index contributed by atoms with van der Waals surface area (Å²) in [6.45, 7) is 4.01. The molecule has 0 saturated heterocycles. The number of halogens is 2. The van der Waals surface area contributed by atoms with Gasteiger partial charge in [0, 0.05) is 31.9 Å². The Bertz CT molecular complexity index is 838. The van der Waals surface area contributed by atoms with Crippen molar-refractivity contribution in [2.45, 2.75) is 33.1 Å². The third-order valence-corrected chi connectivity index (χ3v) is 5.54. The molecule has 2 aromatic carbocycles.